The fourth-order valence-corrected chi connectivity index (χ4v) is 1.45. The van der Waals surface area contributed by atoms with Gasteiger partial charge in [0.15, 0.2) is 11.5 Å². The second-order valence-electron chi connectivity index (χ2n) is 3.49. The minimum atomic E-state index is 0.171. The smallest absolute Gasteiger partial charge is 0.322 e. The highest BCUT2D eigenvalue weighted by Crippen LogP contribution is 2.31. The van der Waals surface area contributed by atoms with Crippen LogP contribution in [0.4, 0.5) is 0 Å². The van der Waals surface area contributed by atoms with Crippen molar-refractivity contribution in [2.45, 2.75) is 0 Å². The average molecular weight is 262 g/mol. The Kier molecular flexibility index (Phi) is 4.02. The van der Waals surface area contributed by atoms with Crippen molar-refractivity contribution in [1.29, 1.82) is 0 Å². The van der Waals surface area contributed by atoms with Crippen LogP contribution < -0.4 is 18.9 Å². The number of hydrogen-bond donors (Lipinski definition) is 0. The number of hydrogen-bond acceptors (Lipinski definition) is 6. The standard InChI is InChI=1S/C13H14N2O4/c1-16-9-6-4-5-7-10(9)19-12-8-11(17-2)14-13(15-12)18-3/h4-8H,1-3H3. The molecule has 0 aliphatic heterocycles. The monoisotopic (exact) mass is 262 g/mol. The third-order valence-corrected chi connectivity index (χ3v) is 2.33. The van der Waals surface area contributed by atoms with Crippen LogP contribution in [-0.2, 0) is 0 Å². The Balaban J connectivity index is 2.32. The quantitative estimate of drug-likeness (QED) is 0.823. The molecular weight excluding hydrogens is 248 g/mol. The zero-order chi connectivity index (χ0) is 13.7. The van der Waals surface area contributed by atoms with Crippen molar-refractivity contribution in [2.75, 3.05) is 21.3 Å². The van der Waals surface area contributed by atoms with Crippen LogP contribution in [-0.4, -0.2) is 31.3 Å². The SMILES string of the molecule is COc1cc(Oc2ccccc2OC)nc(OC)n1. The molecule has 0 fully saturated rings. The average Bonchev–Trinajstić information content (AvgIpc) is 2.47. The van der Waals surface area contributed by atoms with Crippen LogP contribution in [0, 0.1) is 0 Å². The topological polar surface area (TPSA) is 62.7 Å². The predicted molar refractivity (Wildman–Crippen MR) is 68.2 cm³/mol. The van der Waals surface area contributed by atoms with Gasteiger partial charge < -0.3 is 18.9 Å². The van der Waals surface area contributed by atoms with E-state index in [2.05, 4.69) is 9.97 Å². The number of para-hydroxylation sites is 2. The summed E-state index contributed by atoms with van der Waals surface area (Å²) in [5, 5.41) is 0. The Morgan fingerprint density at radius 1 is 0.789 bits per heavy atom. The number of methoxy groups -OCH3 is 3. The van der Waals surface area contributed by atoms with Crippen molar-refractivity contribution in [1.82, 2.24) is 9.97 Å². The maximum Gasteiger partial charge on any atom is 0.322 e. The Morgan fingerprint density at radius 3 is 2.11 bits per heavy atom. The van der Waals surface area contributed by atoms with Gasteiger partial charge in [-0.3, -0.25) is 0 Å². The normalized spacial score (nSPS) is 9.84. The molecular formula is C13H14N2O4. The second kappa shape index (κ2) is 5.90. The molecule has 1 heterocycles. The maximum absolute atomic E-state index is 5.65. The van der Waals surface area contributed by atoms with E-state index in [1.54, 1.807) is 25.3 Å². The van der Waals surface area contributed by atoms with Crippen molar-refractivity contribution in [3.8, 4) is 29.3 Å². The summed E-state index contributed by atoms with van der Waals surface area (Å²) in [6.45, 7) is 0. The molecule has 2 aromatic rings. The van der Waals surface area contributed by atoms with Gasteiger partial charge in [-0.1, -0.05) is 12.1 Å². The van der Waals surface area contributed by atoms with E-state index in [4.69, 9.17) is 18.9 Å². The summed E-state index contributed by atoms with van der Waals surface area (Å²) in [4.78, 5) is 8.07. The Hall–Kier alpha value is -2.50. The van der Waals surface area contributed by atoms with Crippen molar-refractivity contribution in [3.05, 3.63) is 30.3 Å². The lowest BCUT2D eigenvalue weighted by atomic mass is 10.3. The van der Waals surface area contributed by atoms with E-state index in [0.717, 1.165) is 0 Å². The Bertz CT molecular complexity index is 538. The highest BCUT2D eigenvalue weighted by molar-refractivity contribution is 5.42. The Morgan fingerprint density at radius 2 is 1.47 bits per heavy atom. The zero-order valence-corrected chi connectivity index (χ0v) is 10.9. The molecule has 1 aromatic carbocycles. The number of aromatic nitrogens is 2. The van der Waals surface area contributed by atoms with Crippen LogP contribution in [0.15, 0.2) is 30.3 Å². The van der Waals surface area contributed by atoms with E-state index < -0.39 is 0 Å². The molecule has 0 radical (unpaired) electrons. The van der Waals surface area contributed by atoms with Gasteiger partial charge in [0.2, 0.25) is 11.8 Å². The molecule has 0 atom stereocenters. The third-order valence-electron chi connectivity index (χ3n) is 2.33. The summed E-state index contributed by atoms with van der Waals surface area (Å²) in [5.74, 6) is 1.83. The van der Waals surface area contributed by atoms with Crippen LogP contribution >= 0.6 is 0 Å². The van der Waals surface area contributed by atoms with E-state index in [-0.39, 0.29) is 6.01 Å². The van der Waals surface area contributed by atoms with E-state index in [0.29, 0.717) is 23.3 Å². The van der Waals surface area contributed by atoms with Gasteiger partial charge >= 0.3 is 6.01 Å². The lowest BCUT2D eigenvalue weighted by Crippen LogP contribution is -1.98. The van der Waals surface area contributed by atoms with Gasteiger partial charge in [-0.25, -0.2) is 0 Å². The summed E-state index contributed by atoms with van der Waals surface area (Å²) in [6, 6.07) is 9.00. The van der Waals surface area contributed by atoms with E-state index >= 15 is 0 Å². The molecule has 0 aliphatic carbocycles. The molecule has 6 nitrogen and oxygen atoms in total. The maximum atomic E-state index is 5.65. The van der Waals surface area contributed by atoms with Gasteiger partial charge in [0.05, 0.1) is 27.4 Å². The Labute approximate surface area is 110 Å². The van der Waals surface area contributed by atoms with Crippen LogP contribution in [0.2, 0.25) is 0 Å². The highest BCUT2D eigenvalue weighted by atomic mass is 16.5. The molecule has 0 unspecified atom stereocenters. The minimum Gasteiger partial charge on any atom is -0.493 e. The molecule has 0 amide bonds. The zero-order valence-electron chi connectivity index (χ0n) is 10.9. The van der Waals surface area contributed by atoms with Gasteiger partial charge in [-0.05, 0) is 12.1 Å². The lowest BCUT2D eigenvalue weighted by molar-refractivity contribution is 0.334. The van der Waals surface area contributed by atoms with E-state index in [1.807, 2.05) is 12.1 Å². The van der Waals surface area contributed by atoms with Gasteiger partial charge in [0.25, 0.3) is 0 Å². The first-order valence-electron chi connectivity index (χ1n) is 5.54. The van der Waals surface area contributed by atoms with Gasteiger partial charge in [-0.15, -0.1) is 0 Å². The molecule has 100 valence electrons. The molecule has 0 saturated carbocycles. The number of rotatable bonds is 5. The summed E-state index contributed by atoms with van der Waals surface area (Å²) in [5.41, 5.74) is 0. The molecule has 1 aromatic heterocycles. The number of ether oxygens (including phenoxy) is 4. The van der Waals surface area contributed by atoms with Crippen LogP contribution in [0.1, 0.15) is 0 Å². The van der Waals surface area contributed by atoms with Gasteiger partial charge in [-0.2, -0.15) is 9.97 Å². The molecule has 0 bridgehead atoms. The van der Waals surface area contributed by atoms with Crippen molar-refractivity contribution < 1.29 is 18.9 Å². The second-order valence-corrected chi connectivity index (χ2v) is 3.49. The summed E-state index contributed by atoms with van der Waals surface area (Å²) in [6.07, 6.45) is 0. The molecule has 0 spiro atoms. The van der Waals surface area contributed by atoms with Gasteiger partial charge in [0, 0.05) is 0 Å². The molecule has 0 saturated heterocycles. The third kappa shape index (κ3) is 3.04. The molecule has 0 aliphatic rings. The number of benzene rings is 1. The van der Waals surface area contributed by atoms with Crippen LogP contribution in [0.5, 0.6) is 29.3 Å². The minimum absolute atomic E-state index is 0.171. The largest absolute Gasteiger partial charge is 0.493 e. The summed E-state index contributed by atoms with van der Waals surface area (Å²) in [7, 11) is 4.56. The summed E-state index contributed by atoms with van der Waals surface area (Å²) >= 11 is 0. The highest BCUT2D eigenvalue weighted by Gasteiger charge is 2.09. The fraction of sp³-hybridized carbons (Fsp3) is 0.231. The molecule has 6 heteroatoms. The first-order chi connectivity index (χ1) is 9.26. The molecule has 19 heavy (non-hydrogen) atoms. The first kappa shape index (κ1) is 12.9. The van der Waals surface area contributed by atoms with E-state index in [1.165, 1.54) is 14.2 Å². The predicted octanol–water partition coefficient (Wildman–Crippen LogP) is 2.29. The van der Waals surface area contributed by atoms with Crippen LogP contribution in [0.25, 0.3) is 0 Å². The summed E-state index contributed by atoms with van der Waals surface area (Å²) < 4.78 is 20.9. The lowest BCUT2D eigenvalue weighted by Gasteiger charge is -2.10. The first-order valence-corrected chi connectivity index (χ1v) is 5.54. The fourth-order valence-electron chi connectivity index (χ4n) is 1.45. The van der Waals surface area contributed by atoms with Crippen LogP contribution in [0.3, 0.4) is 0 Å². The van der Waals surface area contributed by atoms with E-state index in [9.17, 15) is 0 Å². The molecule has 0 N–H and O–H groups in total. The van der Waals surface area contributed by atoms with Crippen molar-refractivity contribution >= 4 is 0 Å². The van der Waals surface area contributed by atoms with Crippen molar-refractivity contribution in [2.24, 2.45) is 0 Å². The molecule has 2 rings (SSSR count). The van der Waals surface area contributed by atoms with Crippen molar-refractivity contribution in [3.63, 3.8) is 0 Å². The number of nitrogens with zero attached hydrogens (tertiary/aromatic N) is 2. The van der Waals surface area contributed by atoms with Gasteiger partial charge in [0.1, 0.15) is 0 Å².